The highest BCUT2D eigenvalue weighted by Gasteiger charge is 2.22. The number of fused-ring (bicyclic) bond motifs is 1. The molecule has 0 N–H and O–H groups in total. The van der Waals surface area contributed by atoms with Crippen LogP contribution in [0.15, 0.2) is 18.2 Å². The fourth-order valence-corrected chi connectivity index (χ4v) is 2.16. The maximum absolute atomic E-state index is 5.39. The molecular weight excluding hydrogens is 174 g/mol. The van der Waals surface area contributed by atoms with Crippen LogP contribution in [0.25, 0.3) is 0 Å². The number of benzene rings is 1. The Labute approximate surface area is 85.5 Å². The van der Waals surface area contributed by atoms with Gasteiger partial charge in [0.15, 0.2) is 0 Å². The monoisotopic (exact) mass is 191 g/mol. The molecule has 2 heteroatoms. The Kier molecular flexibility index (Phi) is 2.36. The van der Waals surface area contributed by atoms with E-state index in [4.69, 9.17) is 4.74 Å². The predicted octanol–water partition coefficient (Wildman–Crippen LogP) is 2.64. The summed E-state index contributed by atoms with van der Waals surface area (Å²) in [5, 5.41) is 0. The first-order valence-electron chi connectivity index (χ1n) is 5.12. The third-order valence-electron chi connectivity index (χ3n) is 3.06. The summed E-state index contributed by atoms with van der Waals surface area (Å²) >= 11 is 0. The van der Waals surface area contributed by atoms with Gasteiger partial charge in [0.05, 0.1) is 12.8 Å². The number of ether oxygens (including phenoxy) is 1. The summed E-state index contributed by atoms with van der Waals surface area (Å²) in [5.41, 5.74) is 2.69. The Balaban J connectivity index is 2.54. The lowest BCUT2D eigenvalue weighted by Gasteiger charge is -2.32. The van der Waals surface area contributed by atoms with Crippen molar-refractivity contribution in [1.29, 1.82) is 0 Å². The molecule has 0 saturated heterocycles. The highest BCUT2D eigenvalue weighted by Crippen LogP contribution is 2.40. The van der Waals surface area contributed by atoms with Gasteiger partial charge in [0.2, 0.25) is 0 Å². The SMILES string of the molecule is COc1cccc2c1N(C)CC[C@@H]2C. The van der Waals surface area contributed by atoms with E-state index in [1.807, 2.05) is 6.07 Å². The molecule has 0 aromatic heterocycles. The van der Waals surface area contributed by atoms with E-state index in [0.29, 0.717) is 5.92 Å². The van der Waals surface area contributed by atoms with E-state index in [1.54, 1.807) is 7.11 Å². The summed E-state index contributed by atoms with van der Waals surface area (Å²) in [7, 11) is 3.87. The van der Waals surface area contributed by atoms with Crippen molar-refractivity contribution in [2.75, 3.05) is 25.6 Å². The number of hydrogen-bond donors (Lipinski definition) is 0. The van der Waals surface area contributed by atoms with Gasteiger partial charge in [-0.1, -0.05) is 19.1 Å². The average Bonchev–Trinajstić information content (AvgIpc) is 2.23. The van der Waals surface area contributed by atoms with Gasteiger partial charge in [-0.3, -0.25) is 0 Å². The van der Waals surface area contributed by atoms with E-state index in [0.717, 1.165) is 12.3 Å². The minimum Gasteiger partial charge on any atom is -0.495 e. The molecule has 0 fully saturated rings. The van der Waals surface area contributed by atoms with Crippen LogP contribution in [0.5, 0.6) is 5.75 Å². The number of hydrogen-bond acceptors (Lipinski definition) is 2. The summed E-state index contributed by atoms with van der Waals surface area (Å²) in [6.07, 6.45) is 1.23. The summed E-state index contributed by atoms with van der Waals surface area (Å²) in [6.45, 7) is 3.40. The molecule has 2 rings (SSSR count). The molecule has 2 nitrogen and oxygen atoms in total. The molecule has 1 aromatic carbocycles. The molecule has 76 valence electrons. The van der Waals surface area contributed by atoms with Crippen molar-refractivity contribution in [2.45, 2.75) is 19.3 Å². The molecule has 0 radical (unpaired) electrons. The second-order valence-electron chi connectivity index (χ2n) is 4.01. The van der Waals surface area contributed by atoms with E-state index >= 15 is 0 Å². The van der Waals surface area contributed by atoms with Gasteiger partial charge in [-0.15, -0.1) is 0 Å². The Bertz CT molecular complexity index is 335. The maximum atomic E-state index is 5.39. The third kappa shape index (κ3) is 1.35. The van der Waals surface area contributed by atoms with Crippen LogP contribution in [0, 0.1) is 0 Å². The van der Waals surface area contributed by atoms with Crippen molar-refractivity contribution < 1.29 is 4.74 Å². The van der Waals surface area contributed by atoms with Crippen LogP contribution < -0.4 is 9.64 Å². The maximum Gasteiger partial charge on any atom is 0.142 e. The number of rotatable bonds is 1. The Morgan fingerprint density at radius 1 is 1.43 bits per heavy atom. The molecule has 1 atom stereocenters. The summed E-state index contributed by atoms with van der Waals surface area (Å²) in [6, 6.07) is 6.32. The summed E-state index contributed by atoms with van der Waals surface area (Å²) in [4.78, 5) is 2.29. The van der Waals surface area contributed by atoms with Crippen LogP contribution in [-0.4, -0.2) is 20.7 Å². The summed E-state index contributed by atoms with van der Waals surface area (Å²) in [5.74, 6) is 1.65. The highest BCUT2D eigenvalue weighted by molar-refractivity contribution is 5.65. The lowest BCUT2D eigenvalue weighted by molar-refractivity contribution is 0.412. The minimum absolute atomic E-state index is 0.649. The fourth-order valence-electron chi connectivity index (χ4n) is 2.16. The van der Waals surface area contributed by atoms with Crippen LogP contribution in [0.3, 0.4) is 0 Å². The number of methoxy groups -OCH3 is 1. The highest BCUT2D eigenvalue weighted by atomic mass is 16.5. The van der Waals surface area contributed by atoms with Crippen molar-refractivity contribution >= 4 is 5.69 Å². The zero-order valence-corrected chi connectivity index (χ0v) is 9.08. The topological polar surface area (TPSA) is 12.5 Å². The van der Waals surface area contributed by atoms with Crippen LogP contribution in [0.2, 0.25) is 0 Å². The first-order valence-corrected chi connectivity index (χ1v) is 5.12. The average molecular weight is 191 g/mol. The second kappa shape index (κ2) is 3.52. The molecule has 0 unspecified atom stereocenters. The lowest BCUT2D eigenvalue weighted by atomic mass is 9.91. The fraction of sp³-hybridized carbons (Fsp3) is 0.500. The van der Waals surface area contributed by atoms with Crippen molar-refractivity contribution in [2.24, 2.45) is 0 Å². The van der Waals surface area contributed by atoms with E-state index in [2.05, 4.69) is 31.0 Å². The van der Waals surface area contributed by atoms with Crippen LogP contribution in [0.1, 0.15) is 24.8 Å². The van der Waals surface area contributed by atoms with Gasteiger partial charge in [-0.2, -0.15) is 0 Å². The molecule has 0 spiro atoms. The largest absolute Gasteiger partial charge is 0.495 e. The third-order valence-corrected chi connectivity index (χ3v) is 3.06. The van der Waals surface area contributed by atoms with E-state index in [9.17, 15) is 0 Å². The van der Waals surface area contributed by atoms with Gasteiger partial charge in [-0.25, -0.2) is 0 Å². The van der Waals surface area contributed by atoms with Crippen molar-refractivity contribution in [3.8, 4) is 5.75 Å². The van der Waals surface area contributed by atoms with Gasteiger partial charge >= 0.3 is 0 Å². The molecular formula is C12H17NO. The zero-order chi connectivity index (χ0) is 10.1. The summed E-state index contributed by atoms with van der Waals surface area (Å²) < 4.78 is 5.39. The molecule has 1 aromatic rings. The zero-order valence-electron chi connectivity index (χ0n) is 9.08. The van der Waals surface area contributed by atoms with Gasteiger partial charge in [0.1, 0.15) is 5.75 Å². The standard InChI is InChI=1S/C12H17NO/c1-9-7-8-13(2)12-10(9)5-4-6-11(12)14-3/h4-6,9H,7-8H2,1-3H3/t9-/m0/s1. The number of para-hydroxylation sites is 1. The molecule has 0 aliphatic carbocycles. The Hall–Kier alpha value is -1.18. The molecule has 1 heterocycles. The van der Waals surface area contributed by atoms with Crippen molar-refractivity contribution in [3.05, 3.63) is 23.8 Å². The van der Waals surface area contributed by atoms with E-state index in [1.165, 1.54) is 17.7 Å². The molecule has 0 bridgehead atoms. The van der Waals surface area contributed by atoms with Crippen molar-refractivity contribution in [3.63, 3.8) is 0 Å². The lowest BCUT2D eigenvalue weighted by Crippen LogP contribution is -2.26. The smallest absolute Gasteiger partial charge is 0.142 e. The van der Waals surface area contributed by atoms with Gasteiger partial charge in [0.25, 0.3) is 0 Å². The van der Waals surface area contributed by atoms with Gasteiger partial charge in [-0.05, 0) is 24.0 Å². The first kappa shape index (κ1) is 9.38. The molecule has 14 heavy (non-hydrogen) atoms. The predicted molar refractivity (Wildman–Crippen MR) is 59.3 cm³/mol. The normalized spacial score (nSPS) is 20.5. The van der Waals surface area contributed by atoms with Crippen molar-refractivity contribution in [1.82, 2.24) is 0 Å². The molecule has 1 aliphatic rings. The quantitative estimate of drug-likeness (QED) is 0.676. The van der Waals surface area contributed by atoms with Crippen LogP contribution >= 0.6 is 0 Å². The van der Waals surface area contributed by atoms with Crippen LogP contribution in [0.4, 0.5) is 5.69 Å². The molecule has 0 amide bonds. The molecule has 1 aliphatic heterocycles. The van der Waals surface area contributed by atoms with E-state index < -0.39 is 0 Å². The number of nitrogens with zero attached hydrogens (tertiary/aromatic N) is 1. The van der Waals surface area contributed by atoms with Gasteiger partial charge in [0, 0.05) is 13.6 Å². The number of anilines is 1. The molecule has 0 saturated carbocycles. The van der Waals surface area contributed by atoms with Gasteiger partial charge < -0.3 is 9.64 Å². The minimum atomic E-state index is 0.649. The Morgan fingerprint density at radius 2 is 2.21 bits per heavy atom. The first-order chi connectivity index (χ1) is 6.74. The second-order valence-corrected chi connectivity index (χ2v) is 4.01. The van der Waals surface area contributed by atoms with E-state index in [-0.39, 0.29) is 0 Å². The van der Waals surface area contributed by atoms with Crippen LogP contribution in [-0.2, 0) is 0 Å². The Morgan fingerprint density at radius 3 is 2.93 bits per heavy atom.